The zero-order valence-corrected chi connectivity index (χ0v) is 23.4. The van der Waals surface area contributed by atoms with Gasteiger partial charge in [0.2, 0.25) is 0 Å². The minimum absolute atomic E-state index is 0.172. The molecule has 0 aromatic rings. The average molecular weight is 477 g/mol. The van der Waals surface area contributed by atoms with Crippen LogP contribution in [0.25, 0.3) is 0 Å². The summed E-state index contributed by atoms with van der Waals surface area (Å²) >= 11 is 6.89. The van der Waals surface area contributed by atoms with Crippen LogP contribution in [-0.2, 0) is 13.3 Å². The van der Waals surface area contributed by atoms with Crippen LogP contribution in [0.4, 0.5) is 0 Å². The van der Waals surface area contributed by atoms with Crippen LogP contribution in [0.3, 0.4) is 0 Å². The maximum Gasteiger partial charge on any atom is 0.500 e. The molecule has 0 spiro atoms. The zero-order valence-electron chi connectivity index (χ0n) is 21.6. The molecular weight excluding hydrogens is 424 g/mol. The highest BCUT2D eigenvalue weighted by molar-refractivity contribution is 6.60. The summed E-state index contributed by atoms with van der Waals surface area (Å²) in [7, 11) is 2.54. The van der Waals surface area contributed by atoms with Crippen LogP contribution in [0.15, 0.2) is 12.2 Å². The van der Waals surface area contributed by atoms with Crippen LogP contribution in [0.2, 0.25) is 6.04 Å². The molecule has 2 unspecified atom stereocenters. The second-order valence-corrected chi connectivity index (χ2v) is 13.3. The second kappa shape index (κ2) is 19.6. The van der Waals surface area contributed by atoms with Crippen LogP contribution in [-0.4, -0.2) is 35.0 Å². The van der Waals surface area contributed by atoms with E-state index in [1.54, 1.807) is 21.3 Å². The van der Waals surface area contributed by atoms with Crippen molar-refractivity contribution in [3.63, 3.8) is 0 Å². The molecule has 0 radical (unpaired) electrons. The fourth-order valence-corrected chi connectivity index (χ4v) is 6.06. The fraction of sp³-hybridized carbons (Fsp3) is 0.923. The second-order valence-electron chi connectivity index (χ2n) is 9.35. The molecule has 0 heterocycles. The van der Waals surface area contributed by atoms with Gasteiger partial charge in [-0.15, -0.1) is 11.6 Å². The minimum Gasteiger partial charge on any atom is -0.377 e. The van der Waals surface area contributed by atoms with Crippen LogP contribution >= 0.6 is 11.6 Å². The highest BCUT2D eigenvalue weighted by Gasteiger charge is 2.38. The van der Waals surface area contributed by atoms with Crippen molar-refractivity contribution in [2.45, 2.75) is 128 Å². The average Bonchev–Trinajstić information content (AvgIpc) is 2.77. The van der Waals surface area contributed by atoms with Gasteiger partial charge < -0.3 is 13.3 Å². The number of hydrogen-bond acceptors (Lipinski definition) is 3. The van der Waals surface area contributed by atoms with Gasteiger partial charge in [0, 0.05) is 32.2 Å². The summed E-state index contributed by atoms with van der Waals surface area (Å²) in [6.07, 6.45) is 24.0. The standard InChI is InChI=1S/C26H53ClO3Si/c1-7-8-9-10-11-12-13-14-15-16-17-18-19-20-22-25(2)26(3,27)23-21-24-31(28-4,29-5)30-6/h14-15,25H,7-13,16-24H2,1-6H3/b15-14-. The molecular formula is C26H53ClO3Si. The first-order valence-electron chi connectivity index (χ1n) is 12.9. The van der Waals surface area contributed by atoms with E-state index in [1.807, 2.05) is 0 Å². The summed E-state index contributed by atoms with van der Waals surface area (Å²) in [4.78, 5) is -0.172. The Morgan fingerprint density at radius 1 is 0.774 bits per heavy atom. The zero-order chi connectivity index (χ0) is 23.4. The number of halogens is 1. The molecule has 0 N–H and O–H groups in total. The van der Waals surface area contributed by atoms with Gasteiger partial charge in [-0.2, -0.15) is 0 Å². The largest absolute Gasteiger partial charge is 0.500 e. The highest BCUT2D eigenvalue weighted by atomic mass is 35.5. The van der Waals surface area contributed by atoms with Gasteiger partial charge in [-0.1, -0.05) is 77.4 Å². The van der Waals surface area contributed by atoms with E-state index in [1.165, 1.54) is 83.5 Å². The van der Waals surface area contributed by atoms with Gasteiger partial charge in [-0.05, 0) is 57.8 Å². The smallest absolute Gasteiger partial charge is 0.377 e. The van der Waals surface area contributed by atoms with Crippen LogP contribution < -0.4 is 0 Å². The molecule has 0 amide bonds. The van der Waals surface area contributed by atoms with E-state index >= 15 is 0 Å². The third-order valence-corrected chi connectivity index (χ3v) is 10.2. The summed E-state index contributed by atoms with van der Waals surface area (Å²) in [5.41, 5.74) is 0. The summed E-state index contributed by atoms with van der Waals surface area (Å²) in [5.74, 6) is 0.509. The molecule has 0 aliphatic rings. The molecule has 3 nitrogen and oxygen atoms in total. The Labute approximate surface area is 201 Å². The van der Waals surface area contributed by atoms with E-state index in [9.17, 15) is 0 Å². The molecule has 5 heteroatoms. The van der Waals surface area contributed by atoms with Crippen molar-refractivity contribution in [3.8, 4) is 0 Å². The van der Waals surface area contributed by atoms with Gasteiger partial charge in [-0.25, -0.2) is 0 Å². The molecule has 2 atom stereocenters. The predicted molar refractivity (Wildman–Crippen MR) is 139 cm³/mol. The van der Waals surface area contributed by atoms with Crippen LogP contribution in [0.1, 0.15) is 117 Å². The molecule has 0 aliphatic carbocycles. The molecule has 0 aromatic heterocycles. The Bertz CT molecular complexity index is 417. The van der Waals surface area contributed by atoms with Gasteiger partial charge in [-0.3, -0.25) is 0 Å². The van der Waals surface area contributed by atoms with E-state index in [0.29, 0.717) is 5.92 Å². The molecule has 31 heavy (non-hydrogen) atoms. The molecule has 0 fully saturated rings. The Morgan fingerprint density at radius 2 is 1.26 bits per heavy atom. The van der Waals surface area contributed by atoms with Gasteiger partial charge in [0.1, 0.15) is 0 Å². The lowest BCUT2D eigenvalue weighted by atomic mass is 9.86. The molecule has 0 aliphatic heterocycles. The SMILES string of the molecule is CCCCCCCC/C=C\CCCCCCC(C)C(C)(Cl)CCC[Si](OC)(OC)OC. The molecule has 0 bridgehead atoms. The van der Waals surface area contributed by atoms with E-state index in [4.69, 9.17) is 24.9 Å². The number of alkyl halides is 1. The molecule has 186 valence electrons. The number of hydrogen-bond donors (Lipinski definition) is 0. The van der Waals surface area contributed by atoms with Gasteiger partial charge in [0.15, 0.2) is 0 Å². The Kier molecular flexibility index (Phi) is 19.7. The normalized spacial score (nSPS) is 15.5. The third-order valence-electron chi connectivity index (χ3n) is 6.76. The molecule has 0 aromatic carbocycles. The first-order chi connectivity index (χ1) is 14.9. The number of allylic oxidation sites excluding steroid dienone is 2. The van der Waals surface area contributed by atoms with Crippen molar-refractivity contribution >= 4 is 20.4 Å². The predicted octanol–water partition coefficient (Wildman–Crippen LogP) is 8.93. The van der Waals surface area contributed by atoms with Gasteiger partial charge in [0.05, 0.1) is 0 Å². The molecule has 0 saturated carbocycles. The number of rotatable bonds is 22. The Balaban J connectivity index is 3.76. The van der Waals surface area contributed by atoms with E-state index in [2.05, 4.69) is 32.9 Å². The maximum atomic E-state index is 6.89. The first-order valence-corrected chi connectivity index (χ1v) is 15.2. The molecule has 0 saturated heterocycles. The Hall–Kier alpha value is 0.127. The van der Waals surface area contributed by atoms with Gasteiger partial charge >= 0.3 is 8.80 Å². The van der Waals surface area contributed by atoms with Gasteiger partial charge in [0.25, 0.3) is 0 Å². The molecule has 0 rings (SSSR count). The summed E-state index contributed by atoms with van der Waals surface area (Å²) in [6.45, 7) is 6.76. The number of unbranched alkanes of at least 4 members (excludes halogenated alkanes) is 10. The van der Waals surface area contributed by atoms with Crippen molar-refractivity contribution in [1.29, 1.82) is 0 Å². The van der Waals surface area contributed by atoms with Crippen molar-refractivity contribution in [1.82, 2.24) is 0 Å². The third kappa shape index (κ3) is 15.6. The Morgan fingerprint density at radius 3 is 1.77 bits per heavy atom. The minimum atomic E-state index is -2.48. The lowest BCUT2D eigenvalue weighted by Gasteiger charge is -2.31. The fourth-order valence-electron chi connectivity index (χ4n) is 4.10. The van der Waals surface area contributed by atoms with Crippen molar-refractivity contribution in [2.24, 2.45) is 5.92 Å². The topological polar surface area (TPSA) is 27.7 Å². The summed E-state index contributed by atoms with van der Waals surface area (Å²) in [6, 6.07) is 0.817. The summed E-state index contributed by atoms with van der Waals surface area (Å²) < 4.78 is 16.5. The summed E-state index contributed by atoms with van der Waals surface area (Å²) in [5, 5.41) is 0. The van der Waals surface area contributed by atoms with Crippen molar-refractivity contribution in [2.75, 3.05) is 21.3 Å². The van der Waals surface area contributed by atoms with Crippen molar-refractivity contribution < 1.29 is 13.3 Å². The van der Waals surface area contributed by atoms with E-state index in [-0.39, 0.29) is 4.87 Å². The lowest BCUT2D eigenvalue weighted by Crippen LogP contribution is -2.43. The lowest BCUT2D eigenvalue weighted by molar-refractivity contribution is 0.122. The van der Waals surface area contributed by atoms with Crippen LogP contribution in [0.5, 0.6) is 0 Å². The van der Waals surface area contributed by atoms with Crippen molar-refractivity contribution in [3.05, 3.63) is 12.2 Å². The quantitative estimate of drug-likeness (QED) is 0.0675. The van der Waals surface area contributed by atoms with E-state index < -0.39 is 8.80 Å². The van der Waals surface area contributed by atoms with Crippen LogP contribution in [0, 0.1) is 5.92 Å². The monoisotopic (exact) mass is 476 g/mol. The van der Waals surface area contributed by atoms with E-state index in [0.717, 1.165) is 18.9 Å². The highest BCUT2D eigenvalue weighted by Crippen LogP contribution is 2.35. The maximum absolute atomic E-state index is 6.89. The first kappa shape index (κ1) is 31.1.